The van der Waals surface area contributed by atoms with Gasteiger partial charge in [0.15, 0.2) is 0 Å². The number of hydrogen-bond acceptors (Lipinski definition) is 3. The minimum absolute atomic E-state index is 0.0212. The Bertz CT molecular complexity index is 603. The van der Waals surface area contributed by atoms with Crippen molar-refractivity contribution in [2.75, 3.05) is 4.90 Å². The largest absolute Gasteiger partial charge is 0.393 e. The average Bonchev–Trinajstić information content (AvgIpc) is 2.98. The van der Waals surface area contributed by atoms with E-state index < -0.39 is 5.41 Å². The van der Waals surface area contributed by atoms with E-state index in [-0.39, 0.29) is 11.8 Å². The number of amides is 2. The van der Waals surface area contributed by atoms with Crippen molar-refractivity contribution < 1.29 is 9.59 Å². The van der Waals surface area contributed by atoms with E-state index in [0.29, 0.717) is 23.5 Å². The van der Waals surface area contributed by atoms with Crippen LogP contribution in [-0.2, 0) is 16.0 Å². The number of imide groups is 1. The Morgan fingerprint density at radius 1 is 1.19 bits per heavy atom. The number of carbonyl (C=O) groups excluding carboxylic acids is 2. The molecule has 2 fully saturated rings. The zero-order valence-corrected chi connectivity index (χ0v) is 12.6. The monoisotopic (exact) mass is 302 g/mol. The molecule has 1 saturated heterocycles. The van der Waals surface area contributed by atoms with E-state index in [1.54, 1.807) is 12.1 Å². The third-order valence-corrected chi connectivity index (χ3v) is 4.67. The first-order chi connectivity index (χ1) is 10.0. The van der Waals surface area contributed by atoms with E-state index in [4.69, 9.17) is 18.0 Å². The molecule has 1 heterocycles. The first kappa shape index (κ1) is 14.2. The quantitative estimate of drug-likeness (QED) is 0.687. The second-order valence-corrected chi connectivity index (χ2v) is 6.53. The highest BCUT2D eigenvalue weighted by Crippen LogP contribution is 2.47. The lowest BCUT2D eigenvalue weighted by molar-refractivity contribution is -0.125. The number of nitrogens with two attached hydrogens (primary N) is 1. The molecule has 2 N–H and O–H groups in total. The lowest BCUT2D eigenvalue weighted by Crippen LogP contribution is -2.34. The molecule has 0 unspecified atom stereocenters. The molecule has 2 amide bonds. The maximum absolute atomic E-state index is 12.7. The van der Waals surface area contributed by atoms with E-state index in [2.05, 4.69) is 0 Å². The van der Waals surface area contributed by atoms with Gasteiger partial charge in [0.2, 0.25) is 11.8 Å². The average molecular weight is 302 g/mol. The summed E-state index contributed by atoms with van der Waals surface area (Å²) >= 11 is 4.88. The van der Waals surface area contributed by atoms with Crippen LogP contribution < -0.4 is 10.6 Å². The van der Waals surface area contributed by atoms with Crippen LogP contribution in [-0.4, -0.2) is 16.8 Å². The van der Waals surface area contributed by atoms with Crippen LogP contribution in [0.5, 0.6) is 0 Å². The fourth-order valence-electron chi connectivity index (χ4n) is 3.46. The van der Waals surface area contributed by atoms with Gasteiger partial charge in [-0.05, 0) is 30.5 Å². The fourth-order valence-corrected chi connectivity index (χ4v) is 3.63. The summed E-state index contributed by atoms with van der Waals surface area (Å²) in [5.74, 6) is -0.101. The molecule has 1 saturated carbocycles. The molecule has 110 valence electrons. The lowest BCUT2D eigenvalue weighted by atomic mass is 9.84. The van der Waals surface area contributed by atoms with Gasteiger partial charge in [-0.3, -0.25) is 14.5 Å². The highest BCUT2D eigenvalue weighted by atomic mass is 32.1. The van der Waals surface area contributed by atoms with Gasteiger partial charge in [-0.2, -0.15) is 0 Å². The van der Waals surface area contributed by atoms with Crippen molar-refractivity contribution in [2.45, 2.75) is 38.5 Å². The number of nitrogens with zero attached hydrogens (tertiary/aromatic N) is 1. The van der Waals surface area contributed by atoms with Crippen molar-refractivity contribution in [2.24, 2.45) is 11.1 Å². The van der Waals surface area contributed by atoms with Crippen LogP contribution in [0.4, 0.5) is 5.69 Å². The van der Waals surface area contributed by atoms with E-state index in [1.165, 1.54) is 4.90 Å². The summed E-state index contributed by atoms with van der Waals surface area (Å²) in [5.41, 5.74) is 6.74. The van der Waals surface area contributed by atoms with Crippen LogP contribution in [0.25, 0.3) is 0 Å². The van der Waals surface area contributed by atoms with Crippen molar-refractivity contribution in [3.05, 3.63) is 29.8 Å². The molecule has 0 atom stereocenters. The smallest absolute Gasteiger partial charge is 0.240 e. The molecule has 1 spiro atoms. The number of benzene rings is 1. The van der Waals surface area contributed by atoms with Gasteiger partial charge < -0.3 is 5.73 Å². The molecule has 2 aliphatic rings. The van der Waals surface area contributed by atoms with E-state index in [0.717, 1.165) is 31.2 Å². The van der Waals surface area contributed by atoms with Gasteiger partial charge in [0.25, 0.3) is 0 Å². The molecule has 1 aliphatic carbocycles. The second-order valence-electron chi connectivity index (χ2n) is 6.01. The molecule has 1 aromatic carbocycles. The first-order valence-corrected chi connectivity index (χ1v) is 7.67. The molecule has 1 aliphatic heterocycles. The van der Waals surface area contributed by atoms with E-state index in [1.807, 2.05) is 12.1 Å². The van der Waals surface area contributed by atoms with Gasteiger partial charge in [-0.15, -0.1) is 0 Å². The predicted octanol–water partition coefficient (Wildman–Crippen LogP) is 2.34. The molecule has 0 bridgehead atoms. The van der Waals surface area contributed by atoms with Gasteiger partial charge in [0, 0.05) is 12.8 Å². The van der Waals surface area contributed by atoms with Crippen LogP contribution in [0.15, 0.2) is 24.3 Å². The van der Waals surface area contributed by atoms with Crippen LogP contribution >= 0.6 is 12.2 Å². The van der Waals surface area contributed by atoms with Crippen molar-refractivity contribution in [3.63, 3.8) is 0 Å². The summed E-state index contributed by atoms with van der Waals surface area (Å²) in [6, 6.07) is 7.35. The van der Waals surface area contributed by atoms with Gasteiger partial charge in [-0.25, -0.2) is 0 Å². The van der Waals surface area contributed by atoms with E-state index in [9.17, 15) is 9.59 Å². The minimum atomic E-state index is -0.422. The first-order valence-electron chi connectivity index (χ1n) is 7.26. The van der Waals surface area contributed by atoms with Gasteiger partial charge >= 0.3 is 0 Å². The van der Waals surface area contributed by atoms with Crippen LogP contribution in [0, 0.1) is 5.41 Å². The molecule has 3 rings (SSSR count). The minimum Gasteiger partial charge on any atom is -0.393 e. The summed E-state index contributed by atoms with van der Waals surface area (Å²) in [5, 5.41) is 0. The van der Waals surface area contributed by atoms with Gasteiger partial charge in [0.05, 0.1) is 16.1 Å². The molecule has 5 heteroatoms. The summed E-state index contributed by atoms with van der Waals surface area (Å²) < 4.78 is 0. The SMILES string of the molecule is NC(=S)Cc1ccc(N2C(=O)CC3(CCCC3)C2=O)cc1. The summed E-state index contributed by atoms with van der Waals surface area (Å²) in [4.78, 5) is 26.7. The van der Waals surface area contributed by atoms with Crippen molar-refractivity contribution in [1.29, 1.82) is 0 Å². The maximum atomic E-state index is 12.7. The molecule has 21 heavy (non-hydrogen) atoms. The fraction of sp³-hybridized carbons (Fsp3) is 0.438. The summed E-state index contributed by atoms with van der Waals surface area (Å²) in [6.45, 7) is 0. The number of anilines is 1. The number of hydrogen-bond donors (Lipinski definition) is 1. The standard InChI is InChI=1S/C16H18N2O2S/c17-13(21)9-11-3-5-12(6-4-11)18-14(19)10-16(15(18)20)7-1-2-8-16/h3-6H,1-2,7-10H2,(H2,17,21). The maximum Gasteiger partial charge on any atom is 0.240 e. The van der Waals surface area contributed by atoms with E-state index >= 15 is 0 Å². The number of thiocarbonyl (C=S) groups is 1. The third kappa shape index (κ3) is 2.46. The molecular weight excluding hydrogens is 284 g/mol. The Hall–Kier alpha value is -1.75. The Balaban J connectivity index is 1.85. The predicted molar refractivity (Wildman–Crippen MR) is 84.9 cm³/mol. The number of rotatable bonds is 3. The van der Waals surface area contributed by atoms with Crippen molar-refractivity contribution >= 4 is 34.7 Å². The summed E-state index contributed by atoms with van der Waals surface area (Å²) in [6.07, 6.45) is 4.66. The van der Waals surface area contributed by atoms with Crippen LogP contribution in [0.2, 0.25) is 0 Å². The normalized spacial score (nSPS) is 20.5. The van der Waals surface area contributed by atoms with Crippen molar-refractivity contribution in [1.82, 2.24) is 0 Å². The van der Waals surface area contributed by atoms with Crippen molar-refractivity contribution in [3.8, 4) is 0 Å². The second kappa shape index (κ2) is 5.22. The summed E-state index contributed by atoms with van der Waals surface area (Å²) in [7, 11) is 0. The zero-order valence-electron chi connectivity index (χ0n) is 11.8. The third-order valence-electron chi connectivity index (χ3n) is 4.53. The molecule has 4 nitrogen and oxygen atoms in total. The number of carbonyl (C=O) groups is 2. The molecule has 1 aromatic rings. The Kier molecular flexibility index (Phi) is 3.53. The Morgan fingerprint density at radius 3 is 2.38 bits per heavy atom. The molecular formula is C16H18N2O2S. The topological polar surface area (TPSA) is 63.4 Å². The van der Waals surface area contributed by atoms with Crippen LogP contribution in [0.1, 0.15) is 37.7 Å². The highest BCUT2D eigenvalue weighted by Gasteiger charge is 2.52. The lowest BCUT2D eigenvalue weighted by Gasteiger charge is -2.21. The van der Waals surface area contributed by atoms with Crippen LogP contribution in [0.3, 0.4) is 0 Å². The molecule has 0 radical (unpaired) electrons. The Labute approximate surface area is 129 Å². The Morgan fingerprint density at radius 2 is 1.81 bits per heavy atom. The van der Waals surface area contributed by atoms with Gasteiger partial charge in [0.1, 0.15) is 0 Å². The van der Waals surface area contributed by atoms with Gasteiger partial charge in [-0.1, -0.05) is 37.2 Å². The zero-order chi connectivity index (χ0) is 15.0. The highest BCUT2D eigenvalue weighted by molar-refractivity contribution is 7.80. The molecule has 0 aromatic heterocycles.